The molecular formula is C17H30N2O. The van der Waals surface area contributed by atoms with Gasteiger partial charge in [0.15, 0.2) is 0 Å². The normalized spacial score (nSPS) is 15.4. The first-order valence-electron chi connectivity index (χ1n) is 7.90. The highest BCUT2D eigenvalue weighted by Crippen LogP contribution is 2.15. The fourth-order valence-corrected chi connectivity index (χ4v) is 2.26. The van der Waals surface area contributed by atoms with Crippen LogP contribution in [0.3, 0.4) is 0 Å². The van der Waals surface area contributed by atoms with Gasteiger partial charge < -0.3 is 9.64 Å². The minimum atomic E-state index is 0.884. The lowest BCUT2D eigenvalue weighted by molar-refractivity contribution is 0.0393. The molecule has 0 bridgehead atoms. The first-order valence-corrected chi connectivity index (χ1v) is 7.90. The van der Waals surface area contributed by atoms with Crippen LogP contribution in [0.2, 0.25) is 0 Å². The van der Waals surface area contributed by atoms with Crippen LogP contribution < -0.4 is 4.90 Å². The van der Waals surface area contributed by atoms with Crippen molar-refractivity contribution < 1.29 is 4.74 Å². The summed E-state index contributed by atoms with van der Waals surface area (Å²) in [7, 11) is 2.18. The summed E-state index contributed by atoms with van der Waals surface area (Å²) in [5.74, 6) is 0. The average Bonchev–Trinajstić information content (AvgIpc) is 2.55. The molecule has 1 saturated heterocycles. The molecule has 0 radical (unpaired) electrons. The van der Waals surface area contributed by atoms with Crippen LogP contribution >= 0.6 is 0 Å². The van der Waals surface area contributed by atoms with Crippen molar-refractivity contribution in [3.63, 3.8) is 0 Å². The number of likely N-dealkylation sites (N-methyl/N-ethyl adjacent to an activating group) is 1. The van der Waals surface area contributed by atoms with E-state index in [1.807, 2.05) is 13.8 Å². The highest BCUT2D eigenvalue weighted by molar-refractivity contribution is 5.47. The number of anilines is 1. The third kappa shape index (κ3) is 5.51. The summed E-state index contributed by atoms with van der Waals surface area (Å²) < 4.78 is 5.37. The van der Waals surface area contributed by atoms with E-state index in [9.17, 15) is 0 Å². The van der Waals surface area contributed by atoms with E-state index in [0.717, 1.165) is 45.8 Å². The molecule has 1 aliphatic rings. The Morgan fingerprint density at radius 3 is 2.55 bits per heavy atom. The Bertz CT molecular complexity index is 362. The highest BCUT2D eigenvalue weighted by Gasteiger charge is 2.11. The van der Waals surface area contributed by atoms with Crippen molar-refractivity contribution in [2.45, 2.75) is 27.2 Å². The lowest BCUT2D eigenvalue weighted by atomic mass is 10.1. The second-order valence-electron chi connectivity index (χ2n) is 4.90. The molecule has 1 heterocycles. The molecule has 0 aliphatic carbocycles. The molecule has 1 fully saturated rings. The summed E-state index contributed by atoms with van der Waals surface area (Å²) in [6.45, 7) is 12.3. The maximum absolute atomic E-state index is 5.37. The zero-order chi connectivity index (χ0) is 14.8. The van der Waals surface area contributed by atoms with Crippen LogP contribution in [0.1, 0.15) is 26.3 Å². The van der Waals surface area contributed by atoms with E-state index in [0.29, 0.717) is 0 Å². The molecule has 114 valence electrons. The monoisotopic (exact) mass is 278 g/mol. The van der Waals surface area contributed by atoms with Gasteiger partial charge in [0.2, 0.25) is 0 Å². The highest BCUT2D eigenvalue weighted by atomic mass is 16.5. The van der Waals surface area contributed by atoms with Gasteiger partial charge in [0.1, 0.15) is 0 Å². The first-order chi connectivity index (χ1) is 9.79. The number of aryl methyl sites for hydroxylation is 1. The summed E-state index contributed by atoms with van der Waals surface area (Å²) >= 11 is 0. The molecule has 1 aromatic carbocycles. The molecule has 2 rings (SSSR count). The molecule has 0 spiro atoms. The first kappa shape index (κ1) is 17.0. The Morgan fingerprint density at radius 2 is 1.90 bits per heavy atom. The lowest BCUT2D eigenvalue weighted by Gasteiger charge is -2.29. The minimum absolute atomic E-state index is 0.884. The Balaban J connectivity index is 0.000000956. The fraction of sp³-hybridized carbons (Fsp3) is 0.647. The standard InChI is InChI=1S/C15H24N2O.C2H6/c1-3-14-5-4-6-15(13-14)16(2)7-8-17-9-11-18-12-10-17;1-2/h4-6,13H,3,7-12H2,1-2H3;1-2H3. The Morgan fingerprint density at radius 1 is 1.20 bits per heavy atom. The number of morpholine rings is 1. The number of benzene rings is 1. The minimum Gasteiger partial charge on any atom is -0.379 e. The van der Waals surface area contributed by atoms with E-state index in [-0.39, 0.29) is 0 Å². The predicted octanol–water partition coefficient (Wildman–Crippen LogP) is 3.04. The SMILES string of the molecule is CC.CCc1cccc(N(C)CCN2CCOCC2)c1. The lowest BCUT2D eigenvalue weighted by Crippen LogP contribution is -2.40. The van der Waals surface area contributed by atoms with Crippen LogP contribution in [0.15, 0.2) is 24.3 Å². The van der Waals surface area contributed by atoms with Gasteiger partial charge in [-0.15, -0.1) is 0 Å². The molecule has 20 heavy (non-hydrogen) atoms. The van der Waals surface area contributed by atoms with E-state index < -0.39 is 0 Å². The molecule has 0 saturated carbocycles. The van der Waals surface area contributed by atoms with Crippen LogP contribution in [0, 0.1) is 0 Å². The van der Waals surface area contributed by atoms with Gasteiger partial charge in [0, 0.05) is 38.9 Å². The molecule has 0 aromatic heterocycles. The number of hydrogen-bond acceptors (Lipinski definition) is 3. The van der Waals surface area contributed by atoms with E-state index >= 15 is 0 Å². The smallest absolute Gasteiger partial charge is 0.0594 e. The molecule has 0 amide bonds. The van der Waals surface area contributed by atoms with Crippen molar-refractivity contribution >= 4 is 5.69 Å². The third-order valence-electron chi connectivity index (χ3n) is 3.61. The van der Waals surface area contributed by atoms with Crippen molar-refractivity contribution in [2.75, 3.05) is 51.3 Å². The van der Waals surface area contributed by atoms with Crippen LogP contribution in [0.5, 0.6) is 0 Å². The van der Waals surface area contributed by atoms with Crippen molar-refractivity contribution in [2.24, 2.45) is 0 Å². The third-order valence-corrected chi connectivity index (χ3v) is 3.61. The van der Waals surface area contributed by atoms with Gasteiger partial charge in [-0.05, 0) is 24.1 Å². The fourth-order valence-electron chi connectivity index (χ4n) is 2.26. The summed E-state index contributed by atoms with van der Waals surface area (Å²) in [6, 6.07) is 8.83. The molecule has 0 N–H and O–H groups in total. The van der Waals surface area contributed by atoms with Gasteiger partial charge in [-0.2, -0.15) is 0 Å². The van der Waals surface area contributed by atoms with Crippen molar-refractivity contribution in [3.8, 4) is 0 Å². The zero-order valence-corrected chi connectivity index (χ0v) is 13.6. The summed E-state index contributed by atoms with van der Waals surface area (Å²) in [4.78, 5) is 4.82. The molecule has 1 aromatic rings. The van der Waals surface area contributed by atoms with E-state index in [4.69, 9.17) is 4.74 Å². The maximum atomic E-state index is 5.37. The number of hydrogen-bond donors (Lipinski definition) is 0. The van der Waals surface area contributed by atoms with Crippen LogP contribution in [0.4, 0.5) is 5.69 Å². The summed E-state index contributed by atoms with van der Waals surface area (Å²) in [6.07, 6.45) is 1.10. The van der Waals surface area contributed by atoms with Crippen LogP contribution in [-0.2, 0) is 11.2 Å². The average molecular weight is 278 g/mol. The van der Waals surface area contributed by atoms with Gasteiger partial charge >= 0.3 is 0 Å². The predicted molar refractivity (Wildman–Crippen MR) is 87.7 cm³/mol. The number of ether oxygens (including phenoxy) is 1. The van der Waals surface area contributed by atoms with Gasteiger partial charge in [-0.25, -0.2) is 0 Å². The van der Waals surface area contributed by atoms with Crippen molar-refractivity contribution in [1.82, 2.24) is 4.90 Å². The molecule has 0 unspecified atom stereocenters. The van der Waals surface area contributed by atoms with Crippen molar-refractivity contribution in [1.29, 1.82) is 0 Å². The van der Waals surface area contributed by atoms with Gasteiger partial charge in [-0.3, -0.25) is 4.90 Å². The van der Waals surface area contributed by atoms with E-state index in [1.165, 1.54) is 11.3 Å². The van der Waals surface area contributed by atoms with E-state index in [1.54, 1.807) is 0 Å². The molecular weight excluding hydrogens is 248 g/mol. The second kappa shape index (κ2) is 9.78. The second-order valence-corrected chi connectivity index (χ2v) is 4.90. The molecule has 3 heteroatoms. The number of rotatable bonds is 5. The molecule has 0 atom stereocenters. The van der Waals surface area contributed by atoms with Crippen LogP contribution in [-0.4, -0.2) is 51.3 Å². The summed E-state index contributed by atoms with van der Waals surface area (Å²) in [5.41, 5.74) is 2.73. The van der Waals surface area contributed by atoms with Crippen LogP contribution in [0.25, 0.3) is 0 Å². The van der Waals surface area contributed by atoms with Gasteiger partial charge in [0.25, 0.3) is 0 Å². The van der Waals surface area contributed by atoms with Gasteiger partial charge in [0.05, 0.1) is 13.2 Å². The van der Waals surface area contributed by atoms with Crippen molar-refractivity contribution in [3.05, 3.63) is 29.8 Å². The molecule has 1 aliphatic heterocycles. The number of nitrogens with zero attached hydrogens (tertiary/aromatic N) is 2. The summed E-state index contributed by atoms with van der Waals surface area (Å²) in [5, 5.41) is 0. The quantitative estimate of drug-likeness (QED) is 0.823. The Hall–Kier alpha value is -1.06. The topological polar surface area (TPSA) is 15.7 Å². The Labute approximate surface area is 124 Å². The van der Waals surface area contributed by atoms with E-state index in [2.05, 4.69) is 48.0 Å². The zero-order valence-electron chi connectivity index (χ0n) is 13.6. The van der Waals surface area contributed by atoms with Gasteiger partial charge in [-0.1, -0.05) is 32.9 Å². The largest absolute Gasteiger partial charge is 0.379 e. The Kier molecular flexibility index (Phi) is 8.31. The maximum Gasteiger partial charge on any atom is 0.0594 e. The molecule has 3 nitrogen and oxygen atoms in total.